The van der Waals surface area contributed by atoms with E-state index in [1.165, 1.54) is 16.8 Å². The largest absolute Gasteiger partial charge is 0.416 e. The predicted octanol–water partition coefficient (Wildman–Crippen LogP) is 4.10. The molecule has 0 aliphatic heterocycles. The van der Waals surface area contributed by atoms with Gasteiger partial charge in [-0.25, -0.2) is 0 Å². The van der Waals surface area contributed by atoms with Crippen LogP contribution in [0.4, 0.5) is 13.2 Å². The molecule has 2 aromatic carbocycles. The molecule has 0 aliphatic carbocycles. The lowest BCUT2D eigenvalue weighted by Gasteiger charge is -2.08. The van der Waals surface area contributed by atoms with Crippen molar-refractivity contribution in [3.8, 4) is 5.69 Å². The lowest BCUT2D eigenvalue weighted by Crippen LogP contribution is -2.06. The van der Waals surface area contributed by atoms with Crippen molar-refractivity contribution in [1.29, 1.82) is 0 Å². The molecule has 21 heavy (non-hydrogen) atoms. The number of aromatic nitrogens is 2. The minimum atomic E-state index is -4.38. The third-order valence-corrected chi connectivity index (χ3v) is 3.60. The minimum absolute atomic E-state index is 0.300. The normalized spacial score (nSPS) is 12.0. The molecule has 0 unspecified atom stereocenters. The van der Waals surface area contributed by atoms with E-state index in [-0.39, 0.29) is 5.56 Å². The van der Waals surface area contributed by atoms with Crippen LogP contribution in [0.25, 0.3) is 16.6 Å². The molecule has 0 fully saturated rings. The Bertz CT molecular complexity index is 863. The third kappa shape index (κ3) is 2.49. The first-order valence-electron chi connectivity index (χ1n) is 5.94. The molecule has 1 aromatic heterocycles. The van der Waals surface area contributed by atoms with Gasteiger partial charge in [-0.15, -0.1) is 0 Å². The maximum atomic E-state index is 12.6. The lowest BCUT2D eigenvalue weighted by molar-refractivity contribution is -0.137. The van der Waals surface area contributed by atoms with Crippen molar-refractivity contribution in [3.63, 3.8) is 0 Å². The van der Waals surface area contributed by atoms with Crippen molar-refractivity contribution in [2.24, 2.45) is 0 Å². The number of hydrogen-bond acceptors (Lipinski definition) is 1. The van der Waals surface area contributed by atoms with Crippen LogP contribution >= 0.6 is 15.9 Å². The zero-order valence-corrected chi connectivity index (χ0v) is 12.0. The first-order valence-corrected chi connectivity index (χ1v) is 6.73. The molecule has 1 N–H and O–H groups in total. The smallest absolute Gasteiger partial charge is 0.267 e. The Balaban J connectivity index is 2.15. The monoisotopic (exact) mass is 356 g/mol. The van der Waals surface area contributed by atoms with Gasteiger partial charge < -0.3 is 0 Å². The van der Waals surface area contributed by atoms with Crippen LogP contribution in [0.3, 0.4) is 0 Å². The summed E-state index contributed by atoms with van der Waals surface area (Å²) >= 11 is 3.28. The average molecular weight is 357 g/mol. The number of halogens is 4. The Morgan fingerprint density at radius 1 is 1.05 bits per heavy atom. The molecule has 7 heteroatoms. The third-order valence-electron chi connectivity index (χ3n) is 3.11. The minimum Gasteiger partial charge on any atom is -0.267 e. The molecule has 0 saturated carbocycles. The highest BCUT2D eigenvalue weighted by molar-refractivity contribution is 9.10. The standard InChI is InChI=1S/C14H8BrF3N2O/c15-9-3-6-12-11(7-9)13(21)19-20(12)10-4-1-8(2-5-10)14(16,17)18/h1-7H,(H,19,21). The van der Waals surface area contributed by atoms with Gasteiger partial charge in [0.15, 0.2) is 0 Å². The summed E-state index contributed by atoms with van der Waals surface area (Å²) in [5, 5.41) is 3.08. The molecule has 3 rings (SSSR count). The van der Waals surface area contributed by atoms with E-state index in [9.17, 15) is 18.0 Å². The fraction of sp³-hybridized carbons (Fsp3) is 0.0714. The Kier molecular flexibility index (Phi) is 3.16. The summed E-state index contributed by atoms with van der Waals surface area (Å²) in [5.41, 5.74) is 0.0272. The van der Waals surface area contributed by atoms with E-state index in [1.807, 2.05) is 0 Å². The van der Waals surface area contributed by atoms with Gasteiger partial charge in [0, 0.05) is 4.47 Å². The van der Waals surface area contributed by atoms with Crippen molar-refractivity contribution < 1.29 is 13.2 Å². The van der Waals surface area contributed by atoms with Gasteiger partial charge in [-0.3, -0.25) is 14.6 Å². The number of nitrogens with one attached hydrogen (secondary N) is 1. The highest BCUT2D eigenvalue weighted by Gasteiger charge is 2.30. The number of fused-ring (bicyclic) bond motifs is 1. The Morgan fingerprint density at radius 3 is 2.33 bits per heavy atom. The molecule has 0 bridgehead atoms. The van der Waals surface area contributed by atoms with Crippen LogP contribution in [-0.4, -0.2) is 9.78 Å². The van der Waals surface area contributed by atoms with Crippen molar-refractivity contribution in [1.82, 2.24) is 9.78 Å². The highest BCUT2D eigenvalue weighted by atomic mass is 79.9. The maximum Gasteiger partial charge on any atom is 0.416 e. The number of aromatic amines is 1. The molecule has 0 aliphatic rings. The highest BCUT2D eigenvalue weighted by Crippen LogP contribution is 2.30. The van der Waals surface area contributed by atoms with Crippen LogP contribution in [0.1, 0.15) is 5.56 Å². The molecule has 3 nitrogen and oxygen atoms in total. The second-order valence-corrected chi connectivity index (χ2v) is 5.40. The van der Waals surface area contributed by atoms with E-state index in [1.54, 1.807) is 18.2 Å². The zero-order valence-electron chi connectivity index (χ0n) is 10.4. The van der Waals surface area contributed by atoms with Crippen LogP contribution in [0.5, 0.6) is 0 Å². The molecule has 0 atom stereocenters. The van der Waals surface area contributed by atoms with Crippen LogP contribution in [0.15, 0.2) is 51.7 Å². The molecule has 3 aromatic rings. The number of nitrogens with zero attached hydrogens (tertiary/aromatic N) is 1. The Morgan fingerprint density at radius 2 is 1.71 bits per heavy atom. The first kappa shape index (κ1) is 13.9. The average Bonchev–Trinajstić information content (AvgIpc) is 2.75. The molecule has 0 radical (unpaired) electrons. The second kappa shape index (κ2) is 4.77. The molecule has 1 heterocycles. The molecular formula is C14H8BrF3N2O. The zero-order chi connectivity index (χ0) is 15.2. The quantitative estimate of drug-likeness (QED) is 0.700. The van der Waals surface area contributed by atoms with Crippen molar-refractivity contribution >= 4 is 26.8 Å². The first-order chi connectivity index (χ1) is 9.86. The van der Waals surface area contributed by atoms with E-state index >= 15 is 0 Å². The summed E-state index contributed by atoms with van der Waals surface area (Å²) in [5.74, 6) is 0. The summed E-state index contributed by atoms with van der Waals surface area (Å²) in [6, 6.07) is 9.75. The van der Waals surface area contributed by atoms with Gasteiger partial charge in [0.1, 0.15) is 0 Å². The SMILES string of the molecule is O=c1[nH]n(-c2ccc(C(F)(F)F)cc2)c2ccc(Br)cc12. The second-order valence-electron chi connectivity index (χ2n) is 4.48. The number of hydrogen-bond donors (Lipinski definition) is 1. The molecule has 0 saturated heterocycles. The van der Waals surface area contributed by atoms with Gasteiger partial charge in [-0.05, 0) is 42.5 Å². The van der Waals surface area contributed by atoms with Crippen LogP contribution in [0, 0.1) is 0 Å². The van der Waals surface area contributed by atoms with Gasteiger partial charge in [0.25, 0.3) is 5.56 Å². The summed E-state index contributed by atoms with van der Waals surface area (Å²) in [7, 11) is 0. The number of alkyl halides is 3. The predicted molar refractivity (Wildman–Crippen MR) is 76.6 cm³/mol. The summed E-state index contributed by atoms with van der Waals surface area (Å²) < 4.78 is 39.9. The maximum absolute atomic E-state index is 12.6. The fourth-order valence-electron chi connectivity index (χ4n) is 2.11. The van der Waals surface area contributed by atoms with E-state index in [2.05, 4.69) is 21.0 Å². The summed E-state index contributed by atoms with van der Waals surface area (Å²) in [6.07, 6.45) is -4.38. The van der Waals surface area contributed by atoms with Crippen LogP contribution in [-0.2, 0) is 6.18 Å². The number of rotatable bonds is 1. The lowest BCUT2D eigenvalue weighted by atomic mass is 10.2. The van der Waals surface area contributed by atoms with E-state index < -0.39 is 11.7 Å². The van der Waals surface area contributed by atoms with Crippen molar-refractivity contribution in [2.75, 3.05) is 0 Å². The van der Waals surface area contributed by atoms with Crippen molar-refractivity contribution in [2.45, 2.75) is 6.18 Å². The fourth-order valence-corrected chi connectivity index (χ4v) is 2.47. The van der Waals surface area contributed by atoms with Gasteiger partial charge in [-0.2, -0.15) is 13.2 Å². The summed E-state index contributed by atoms with van der Waals surface area (Å²) in [6.45, 7) is 0. The van der Waals surface area contributed by atoms with Gasteiger partial charge in [-0.1, -0.05) is 15.9 Å². The molecular weight excluding hydrogens is 349 g/mol. The Labute approximate surface area is 125 Å². The van der Waals surface area contributed by atoms with Gasteiger partial charge in [0.05, 0.1) is 22.2 Å². The van der Waals surface area contributed by atoms with Crippen LogP contribution in [0.2, 0.25) is 0 Å². The topological polar surface area (TPSA) is 37.8 Å². The molecule has 0 amide bonds. The molecule has 0 spiro atoms. The van der Waals surface area contributed by atoms with E-state index in [4.69, 9.17) is 0 Å². The van der Waals surface area contributed by atoms with E-state index in [0.717, 1.165) is 16.6 Å². The molecule has 108 valence electrons. The van der Waals surface area contributed by atoms with Gasteiger partial charge >= 0.3 is 6.18 Å². The van der Waals surface area contributed by atoms with Gasteiger partial charge in [0.2, 0.25) is 0 Å². The van der Waals surface area contributed by atoms with Crippen LogP contribution < -0.4 is 5.56 Å². The number of benzene rings is 2. The van der Waals surface area contributed by atoms with Crippen molar-refractivity contribution in [3.05, 3.63) is 62.9 Å². The van der Waals surface area contributed by atoms with E-state index in [0.29, 0.717) is 16.6 Å². The summed E-state index contributed by atoms with van der Waals surface area (Å²) in [4.78, 5) is 11.9. The number of H-pyrrole nitrogens is 1. The Hall–Kier alpha value is -2.02.